The third-order valence-electron chi connectivity index (χ3n) is 6.13. The molecule has 1 aliphatic heterocycles. The smallest absolute Gasteiger partial charge is 0.417 e. The molecule has 0 amide bonds. The van der Waals surface area contributed by atoms with E-state index in [0.29, 0.717) is 48.4 Å². The van der Waals surface area contributed by atoms with Crippen LogP contribution in [0.25, 0.3) is 17.0 Å². The zero-order chi connectivity index (χ0) is 25.3. The van der Waals surface area contributed by atoms with E-state index in [4.69, 9.17) is 4.74 Å². The highest BCUT2D eigenvalue weighted by Crippen LogP contribution is 2.30. The van der Waals surface area contributed by atoms with Gasteiger partial charge in [0.2, 0.25) is 0 Å². The Labute approximate surface area is 203 Å². The summed E-state index contributed by atoms with van der Waals surface area (Å²) in [5.74, 6) is 0.751. The summed E-state index contributed by atoms with van der Waals surface area (Å²) >= 11 is 0. The Kier molecular flexibility index (Phi) is 6.29. The first kappa shape index (κ1) is 23.7. The molecule has 0 saturated carbocycles. The van der Waals surface area contributed by atoms with E-state index in [1.165, 1.54) is 23.1 Å². The van der Waals surface area contributed by atoms with Crippen LogP contribution >= 0.6 is 0 Å². The minimum atomic E-state index is -4.39. The molecular formula is C23H23F3N8O2. The Bertz CT molecular complexity index is 1360. The highest BCUT2D eigenvalue weighted by atomic mass is 19.4. The lowest BCUT2D eigenvalue weighted by atomic mass is 9.97. The number of aromatic nitrogens is 7. The molecule has 0 spiro atoms. The number of fused-ring (bicyclic) bond motifs is 1. The number of alkyl halides is 3. The largest absolute Gasteiger partial charge is 0.462 e. The standard InChI is InChI=1S/C23H23F3N8O2/c1-2-36-21(35)16-9-29-34(14-16)22-28-12-19-18(31-22)11-30-33(19)13-15-5-7-32(8-6-15)20-4-3-17(10-27-20)23(24,25)26/h3-4,9-12,14-15H,2,5-8,13H2,1H3. The van der Waals surface area contributed by atoms with Gasteiger partial charge in [-0.2, -0.15) is 23.4 Å². The third kappa shape index (κ3) is 4.86. The number of esters is 1. The minimum absolute atomic E-state index is 0.274. The van der Waals surface area contributed by atoms with Crippen LogP contribution in [0, 0.1) is 5.92 Å². The summed E-state index contributed by atoms with van der Waals surface area (Å²) in [6.07, 6.45) is 4.46. The molecule has 5 rings (SSSR count). The van der Waals surface area contributed by atoms with Crippen molar-refractivity contribution < 1.29 is 22.7 Å². The van der Waals surface area contributed by atoms with Crippen LogP contribution < -0.4 is 4.90 Å². The number of rotatable bonds is 6. The normalized spacial score (nSPS) is 14.9. The summed E-state index contributed by atoms with van der Waals surface area (Å²) in [5, 5.41) is 8.61. The van der Waals surface area contributed by atoms with Crippen LogP contribution in [0.1, 0.15) is 35.7 Å². The Morgan fingerprint density at radius 2 is 1.89 bits per heavy atom. The zero-order valence-corrected chi connectivity index (χ0v) is 19.4. The van der Waals surface area contributed by atoms with Gasteiger partial charge in [0, 0.05) is 32.0 Å². The monoisotopic (exact) mass is 500 g/mol. The van der Waals surface area contributed by atoms with Crippen LogP contribution in [0.2, 0.25) is 0 Å². The molecule has 5 heterocycles. The molecule has 1 aliphatic rings. The average molecular weight is 500 g/mol. The maximum Gasteiger partial charge on any atom is 0.417 e. The van der Waals surface area contributed by atoms with Gasteiger partial charge < -0.3 is 9.64 Å². The predicted octanol–water partition coefficient (Wildman–Crippen LogP) is 3.52. The number of ether oxygens (including phenoxy) is 1. The molecule has 0 unspecified atom stereocenters. The summed E-state index contributed by atoms with van der Waals surface area (Å²) in [7, 11) is 0. The number of hydrogen-bond acceptors (Lipinski definition) is 8. The van der Waals surface area contributed by atoms with Crippen LogP contribution in [0.4, 0.5) is 19.0 Å². The summed E-state index contributed by atoms with van der Waals surface area (Å²) < 4.78 is 46.6. The first-order chi connectivity index (χ1) is 17.3. The zero-order valence-electron chi connectivity index (χ0n) is 19.4. The van der Waals surface area contributed by atoms with E-state index in [9.17, 15) is 18.0 Å². The Balaban J connectivity index is 1.22. The van der Waals surface area contributed by atoms with Gasteiger partial charge in [0.15, 0.2) is 0 Å². The van der Waals surface area contributed by atoms with Crippen molar-refractivity contribution >= 4 is 22.8 Å². The van der Waals surface area contributed by atoms with Gasteiger partial charge in [0.1, 0.15) is 16.9 Å². The fourth-order valence-corrected chi connectivity index (χ4v) is 4.20. The number of piperidine rings is 1. The van der Waals surface area contributed by atoms with Crippen LogP contribution in [0.3, 0.4) is 0 Å². The molecule has 4 aromatic heterocycles. The molecule has 13 heteroatoms. The second-order valence-electron chi connectivity index (χ2n) is 8.49. The molecule has 0 aromatic carbocycles. The van der Waals surface area contributed by atoms with E-state index >= 15 is 0 Å². The lowest BCUT2D eigenvalue weighted by Gasteiger charge is -2.32. The van der Waals surface area contributed by atoms with Gasteiger partial charge in [-0.3, -0.25) is 4.68 Å². The van der Waals surface area contributed by atoms with Crippen molar-refractivity contribution in [3.63, 3.8) is 0 Å². The van der Waals surface area contributed by atoms with Crippen molar-refractivity contribution in [3.05, 3.63) is 54.2 Å². The lowest BCUT2D eigenvalue weighted by Crippen LogP contribution is -2.35. The molecule has 0 atom stereocenters. The van der Waals surface area contributed by atoms with Gasteiger partial charge in [-0.05, 0) is 37.8 Å². The molecule has 36 heavy (non-hydrogen) atoms. The molecule has 188 valence electrons. The summed E-state index contributed by atoms with van der Waals surface area (Å²) in [6, 6.07) is 2.49. The van der Waals surface area contributed by atoms with Gasteiger partial charge in [-0.15, -0.1) is 0 Å². The van der Waals surface area contributed by atoms with Crippen molar-refractivity contribution in [1.29, 1.82) is 0 Å². The third-order valence-corrected chi connectivity index (χ3v) is 6.13. The van der Waals surface area contributed by atoms with E-state index < -0.39 is 17.7 Å². The molecule has 1 fully saturated rings. The molecular weight excluding hydrogens is 477 g/mol. The molecule has 4 aromatic rings. The van der Waals surface area contributed by atoms with E-state index in [2.05, 4.69) is 25.1 Å². The molecule has 1 saturated heterocycles. The van der Waals surface area contributed by atoms with Crippen molar-refractivity contribution in [1.82, 2.24) is 34.5 Å². The van der Waals surface area contributed by atoms with Gasteiger partial charge in [0.25, 0.3) is 5.95 Å². The Hall–Kier alpha value is -4.03. The Morgan fingerprint density at radius 3 is 2.58 bits per heavy atom. The fourth-order valence-electron chi connectivity index (χ4n) is 4.20. The second-order valence-corrected chi connectivity index (χ2v) is 8.49. The van der Waals surface area contributed by atoms with Crippen LogP contribution in [0.5, 0.6) is 0 Å². The van der Waals surface area contributed by atoms with Gasteiger partial charge in [-0.25, -0.2) is 24.4 Å². The quantitative estimate of drug-likeness (QED) is 0.371. The number of pyridine rings is 1. The number of carbonyl (C=O) groups is 1. The predicted molar refractivity (Wildman–Crippen MR) is 123 cm³/mol. The van der Waals surface area contributed by atoms with Crippen LogP contribution in [0.15, 0.2) is 43.1 Å². The molecule has 0 bridgehead atoms. The number of hydrogen-bond donors (Lipinski definition) is 0. The summed E-state index contributed by atoms with van der Waals surface area (Å²) in [5.41, 5.74) is 1.00. The van der Waals surface area contributed by atoms with Crippen LogP contribution in [-0.2, 0) is 17.5 Å². The summed E-state index contributed by atoms with van der Waals surface area (Å²) in [4.78, 5) is 26.8. The lowest BCUT2D eigenvalue weighted by molar-refractivity contribution is -0.137. The van der Waals surface area contributed by atoms with E-state index in [-0.39, 0.29) is 6.61 Å². The van der Waals surface area contributed by atoms with Crippen molar-refractivity contribution in [2.75, 3.05) is 24.6 Å². The van der Waals surface area contributed by atoms with E-state index in [1.807, 2.05) is 9.58 Å². The number of carbonyl (C=O) groups excluding carboxylic acids is 1. The highest BCUT2D eigenvalue weighted by Gasteiger charge is 2.31. The van der Waals surface area contributed by atoms with Crippen molar-refractivity contribution in [2.24, 2.45) is 5.92 Å². The summed E-state index contributed by atoms with van der Waals surface area (Å²) in [6.45, 7) is 4.08. The van der Waals surface area contributed by atoms with Crippen molar-refractivity contribution in [3.8, 4) is 5.95 Å². The van der Waals surface area contributed by atoms with Gasteiger partial charge in [0.05, 0.1) is 36.3 Å². The number of nitrogens with zero attached hydrogens (tertiary/aromatic N) is 8. The van der Waals surface area contributed by atoms with Crippen molar-refractivity contribution in [2.45, 2.75) is 32.5 Å². The minimum Gasteiger partial charge on any atom is -0.462 e. The topological polar surface area (TPSA) is 104 Å². The molecule has 0 radical (unpaired) electrons. The molecule has 0 aliphatic carbocycles. The van der Waals surface area contributed by atoms with E-state index in [1.54, 1.807) is 19.3 Å². The van der Waals surface area contributed by atoms with E-state index in [0.717, 1.165) is 30.6 Å². The second kappa shape index (κ2) is 9.55. The highest BCUT2D eigenvalue weighted by molar-refractivity contribution is 5.88. The molecule has 10 nitrogen and oxygen atoms in total. The van der Waals surface area contributed by atoms with Gasteiger partial charge in [-0.1, -0.05) is 0 Å². The Morgan fingerprint density at radius 1 is 1.08 bits per heavy atom. The maximum absolute atomic E-state index is 12.8. The number of anilines is 1. The maximum atomic E-state index is 12.8. The number of halogens is 3. The van der Waals surface area contributed by atoms with Crippen LogP contribution in [-0.4, -0.2) is 60.2 Å². The molecule has 0 N–H and O–H groups in total. The van der Waals surface area contributed by atoms with Gasteiger partial charge >= 0.3 is 12.1 Å². The fraction of sp³-hybridized carbons (Fsp3) is 0.391. The SMILES string of the molecule is CCOC(=O)c1cnn(-c2ncc3c(cnn3CC3CCN(c4ccc(C(F)(F)F)cn4)CC3)n2)c1. The first-order valence-corrected chi connectivity index (χ1v) is 11.5. The average Bonchev–Trinajstić information content (AvgIpc) is 3.52. The first-order valence-electron chi connectivity index (χ1n) is 11.5.